The van der Waals surface area contributed by atoms with Gasteiger partial charge in [-0.3, -0.25) is 0 Å². The summed E-state index contributed by atoms with van der Waals surface area (Å²) in [5, 5.41) is 71.9. The molecule has 1 fully saturated rings. The van der Waals surface area contributed by atoms with Crippen molar-refractivity contribution in [2.24, 2.45) is 0 Å². The Bertz CT molecular complexity index is 1110. The van der Waals surface area contributed by atoms with Gasteiger partial charge in [0.25, 0.3) is 0 Å². The van der Waals surface area contributed by atoms with Crippen LogP contribution in [0.3, 0.4) is 0 Å². The molecule has 1 saturated heterocycles. The van der Waals surface area contributed by atoms with Crippen LogP contribution in [-0.4, -0.2) is 102 Å². The first-order chi connectivity index (χ1) is 30.3. The molecule has 0 spiro atoms. The molecular formula is C51H99N3O8. The number of aliphatic hydroxyl groups is 6. The van der Waals surface area contributed by atoms with Gasteiger partial charge in [-0.1, -0.05) is 237 Å². The number of nitrogens with zero attached hydrogens (tertiary/aromatic N) is 3. The molecule has 1 aliphatic rings. The van der Waals surface area contributed by atoms with Crippen LogP contribution in [0.15, 0.2) is 6.20 Å². The molecule has 0 saturated carbocycles. The molecule has 2 rings (SSSR count). The molecule has 62 heavy (non-hydrogen) atoms. The minimum atomic E-state index is -1.58. The highest BCUT2D eigenvalue weighted by atomic mass is 16.7. The van der Waals surface area contributed by atoms with E-state index in [1.807, 2.05) is 0 Å². The van der Waals surface area contributed by atoms with Crippen LogP contribution in [0, 0.1) is 0 Å². The Morgan fingerprint density at radius 1 is 0.548 bits per heavy atom. The van der Waals surface area contributed by atoms with Gasteiger partial charge in [0.2, 0.25) is 0 Å². The molecule has 0 unspecified atom stereocenters. The molecule has 1 aromatic heterocycles. The van der Waals surface area contributed by atoms with Crippen LogP contribution < -0.4 is 0 Å². The van der Waals surface area contributed by atoms with E-state index in [0.29, 0.717) is 6.42 Å². The summed E-state index contributed by atoms with van der Waals surface area (Å²) in [4.78, 5) is 0. The molecule has 1 aromatic rings. The number of aryl methyl sites for hydroxylation is 1. The van der Waals surface area contributed by atoms with Crippen molar-refractivity contribution in [2.75, 3.05) is 13.2 Å². The quantitative estimate of drug-likeness (QED) is 0.0347. The minimum Gasteiger partial charge on any atom is -0.394 e. The molecule has 11 heteroatoms. The first kappa shape index (κ1) is 56.9. The van der Waals surface area contributed by atoms with Gasteiger partial charge in [0, 0.05) is 6.20 Å². The summed E-state index contributed by atoms with van der Waals surface area (Å²) in [6.07, 6.45) is 39.3. The van der Waals surface area contributed by atoms with Crippen LogP contribution in [0.25, 0.3) is 0 Å². The first-order valence-corrected chi connectivity index (χ1v) is 26.5. The van der Waals surface area contributed by atoms with E-state index in [0.717, 1.165) is 44.2 Å². The van der Waals surface area contributed by atoms with Gasteiger partial charge in [0.05, 0.1) is 25.0 Å². The summed E-state index contributed by atoms with van der Waals surface area (Å²) in [5.41, 5.74) is 0.800. The Kier molecular flexibility index (Phi) is 35.8. The van der Waals surface area contributed by atoms with E-state index in [1.54, 1.807) is 6.20 Å². The molecule has 0 radical (unpaired) electrons. The number of rotatable bonds is 44. The highest BCUT2D eigenvalue weighted by Gasteiger charge is 2.44. The highest BCUT2D eigenvalue weighted by Crippen LogP contribution is 2.26. The Balaban J connectivity index is 1.64. The molecule has 11 nitrogen and oxygen atoms in total. The number of ether oxygens (including phenoxy) is 2. The largest absolute Gasteiger partial charge is 0.394 e. The number of aromatic nitrogens is 3. The van der Waals surface area contributed by atoms with Crippen molar-refractivity contribution in [3.8, 4) is 0 Å². The lowest BCUT2D eigenvalue weighted by molar-refractivity contribution is -0.304. The topological polar surface area (TPSA) is 171 Å². The molecule has 6 N–H and O–H groups in total. The second-order valence-corrected chi connectivity index (χ2v) is 19.1. The van der Waals surface area contributed by atoms with Crippen LogP contribution in [0.4, 0.5) is 0 Å². The highest BCUT2D eigenvalue weighted by molar-refractivity contribution is 4.96. The predicted octanol–water partition coefficient (Wildman–Crippen LogP) is 11.0. The molecule has 0 bridgehead atoms. The lowest BCUT2D eigenvalue weighted by atomic mass is 9.98. The number of unbranched alkanes of at least 4 members (excludes halogenated alkanes) is 33. The molecular weight excluding hydrogens is 783 g/mol. The van der Waals surface area contributed by atoms with Crippen LogP contribution in [-0.2, 0) is 15.9 Å². The second-order valence-electron chi connectivity index (χ2n) is 19.1. The van der Waals surface area contributed by atoms with Crippen LogP contribution in [0.2, 0.25) is 0 Å². The smallest absolute Gasteiger partial charge is 0.186 e. The van der Waals surface area contributed by atoms with Crippen molar-refractivity contribution >= 4 is 0 Å². The van der Waals surface area contributed by atoms with E-state index in [-0.39, 0.29) is 6.61 Å². The zero-order valence-electron chi connectivity index (χ0n) is 40.1. The maximum Gasteiger partial charge on any atom is 0.186 e. The molecule has 2 heterocycles. The third kappa shape index (κ3) is 26.7. The van der Waals surface area contributed by atoms with Crippen LogP contribution in [0.5, 0.6) is 0 Å². The molecule has 0 amide bonds. The van der Waals surface area contributed by atoms with Crippen molar-refractivity contribution in [2.45, 2.75) is 300 Å². The van der Waals surface area contributed by atoms with Crippen LogP contribution in [0.1, 0.15) is 257 Å². The van der Waals surface area contributed by atoms with Gasteiger partial charge >= 0.3 is 0 Å². The zero-order chi connectivity index (χ0) is 44.9. The molecule has 0 aliphatic carbocycles. The summed E-state index contributed by atoms with van der Waals surface area (Å²) in [5.74, 6) is 0. The lowest BCUT2D eigenvalue weighted by Crippen LogP contribution is -2.59. The maximum absolute atomic E-state index is 11.4. The fourth-order valence-corrected chi connectivity index (χ4v) is 9.03. The SMILES string of the molecule is CCCCCCCCCCCCCCCCCCCCCCCCCc1cn([C@@H](CO[C@H]2O[C@H](CO)[C@H](O)[C@H](O)[C@H]2O)[C@H](O)[C@H](O)CCCCCCCCCCCCCC)nn1. The van der Waals surface area contributed by atoms with Crippen molar-refractivity contribution in [3.05, 3.63) is 11.9 Å². The van der Waals surface area contributed by atoms with E-state index >= 15 is 0 Å². The summed E-state index contributed by atoms with van der Waals surface area (Å²) < 4.78 is 12.9. The molecule has 8 atom stereocenters. The van der Waals surface area contributed by atoms with Gasteiger partial charge in [0.15, 0.2) is 6.29 Å². The third-order valence-corrected chi connectivity index (χ3v) is 13.4. The average molecular weight is 882 g/mol. The van der Waals surface area contributed by atoms with Gasteiger partial charge in [-0.25, -0.2) is 4.68 Å². The second kappa shape index (κ2) is 39.0. The Morgan fingerprint density at radius 2 is 0.935 bits per heavy atom. The Hall–Kier alpha value is -1.18. The summed E-state index contributed by atoms with van der Waals surface area (Å²) >= 11 is 0. The van der Waals surface area contributed by atoms with E-state index in [4.69, 9.17) is 9.47 Å². The van der Waals surface area contributed by atoms with E-state index < -0.39 is 55.6 Å². The van der Waals surface area contributed by atoms with E-state index in [2.05, 4.69) is 24.2 Å². The van der Waals surface area contributed by atoms with E-state index in [9.17, 15) is 30.6 Å². The van der Waals surface area contributed by atoms with Gasteiger partial charge < -0.3 is 40.1 Å². The van der Waals surface area contributed by atoms with Crippen molar-refractivity contribution in [1.82, 2.24) is 15.0 Å². The standard InChI is InChI=1S/C51H99N3O8/c1-3-5-7-9-11-13-15-17-18-19-20-21-22-23-24-25-26-27-28-30-32-34-36-38-43-40-54(53-52-43)44(42-61-51-50(60)49(59)48(58)46(41-55)62-51)47(57)45(56)39-37-35-33-31-29-16-14-12-10-8-6-4-2/h40,44-51,55-60H,3-39,41-42H2,1-2H3/t44-,45+,46+,47-,48-,49-,50+,51-/m0/s1. The zero-order valence-corrected chi connectivity index (χ0v) is 40.1. The summed E-state index contributed by atoms with van der Waals surface area (Å²) in [6.45, 7) is 3.76. The van der Waals surface area contributed by atoms with Crippen LogP contribution >= 0.6 is 0 Å². The normalized spacial score (nSPS) is 20.8. The Labute approximate surface area is 379 Å². The maximum atomic E-state index is 11.4. The molecule has 1 aliphatic heterocycles. The summed E-state index contributed by atoms with van der Waals surface area (Å²) in [6, 6.07) is -0.842. The third-order valence-electron chi connectivity index (χ3n) is 13.4. The first-order valence-electron chi connectivity index (χ1n) is 26.5. The predicted molar refractivity (Wildman–Crippen MR) is 252 cm³/mol. The molecule has 366 valence electrons. The van der Waals surface area contributed by atoms with Crippen molar-refractivity contribution in [3.63, 3.8) is 0 Å². The van der Waals surface area contributed by atoms with Crippen molar-refractivity contribution in [1.29, 1.82) is 0 Å². The van der Waals surface area contributed by atoms with Gasteiger partial charge in [-0.15, -0.1) is 5.10 Å². The van der Waals surface area contributed by atoms with Gasteiger partial charge in [-0.2, -0.15) is 0 Å². The van der Waals surface area contributed by atoms with Gasteiger partial charge in [-0.05, 0) is 19.3 Å². The number of aliphatic hydroxyl groups excluding tert-OH is 6. The van der Waals surface area contributed by atoms with E-state index in [1.165, 1.54) is 197 Å². The van der Waals surface area contributed by atoms with Gasteiger partial charge in [0.1, 0.15) is 36.6 Å². The summed E-state index contributed by atoms with van der Waals surface area (Å²) in [7, 11) is 0. The lowest BCUT2D eigenvalue weighted by Gasteiger charge is -2.40. The number of hydrogen-bond acceptors (Lipinski definition) is 10. The fourth-order valence-electron chi connectivity index (χ4n) is 9.03. The van der Waals surface area contributed by atoms with Crippen molar-refractivity contribution < 1.29 is 40.1 Å². The molecule has 0 aromatic carbocycles. The Morgan fingerprint density at radius 3 is 1.34 bits per heavy atom. The fraction of sp³-hybridized carbons (Fsp3) is 0.961. The number of hydrogen-bond donors (Lipinski definition) is 6. The average Bonchev–Trinajstić information content (AvgIpc) is 3.75. The monoisotopic (exact) mass is 882 g/mol. The minimum absolute atomic E-state index is 0.207.